The number of carbonyl (C=O) groups is 1. The standard InChI is InChI=1S/C13H16ClN3OS/c1-4-10(13-16-7(2)8(3)19-13)17-12(18)11-5-9(14)6-15-11/h5-6,10,15H,4H2,1-3H3,(H,17,18). The summed E-state index contributed by atoms with van der Waals surface area (Å²) in [5.74, 6) is -0.163. The minimum absolute atomic E-state index is 0.0630. The molecule has 0 aromatic carbocycles. The first-order valence-electron chi connectivity index (χ1n) is 6.10. The average molecular weight is 298 g/mol. The Morgan fingerprint density at radius 2 is 2.32 bits per heavy atom. The van der Waals surface area contributed by atoms with Crippen LogP contribution in [0.1, 0.15) is 45.5 Å². The van der Waals surface area contributed by atoms with Gasteiger partial charge in [-0.15, -0.1) is 11.3 Å². The summed E-state index contributed by atoms with van der Waals surface area (Å²) < 4.78 is 0. The molecule has 2 rings (SSSR count). The molecule has 0 saturated heterocycles. The third-order valence-electron chi connectivity index (χ3n) is 2.95. The van der Waals surface area contributed by atoms with Crippen molar-refractivity contribution < 1.29 is 4.79 Å². The maximum Gasteiger partial charge on any atom is 0.268 e. The van der Waals surface area contributed by atoms with Crippen molar-refractivity contribution in [3.05, 3.63) is 38.6 Å². The molecule has 0 bridgehead atoms. The number of carbonyl (C=O) groups excluding carboxylic acids is 1. The summed E-state index contributed by atoms with van der Waals surface area (Å²) in [6.07, 6.45) is 2.39. The molecule has 0 radical (unpaired) electrons. The summed E-state index contributed by atoms with van der Waals surface area (Å²) in [6, 6.07) is 1.55. The van der Waals surface area contributed by atoms with E-state index in [0.717, 1.165) is 17.1 Å². The van der Waals surface area contributed by atoms with Crippen LogP contribution in [0, 0.1) is 13.8 Å². The number of nitrogens with zero attached hydrogens (tertiary/aromatic N) is 1. The molecule has 2 aromatic heterocycles. The van der Waals surface area contributed by atoms with Crippen LogP contribution in [0.4, 0.5) is 0 Å². The Morgan fingerprint density at radius 1 is 1.58 bits per heavy atom. The molecule has 2 aromatic rings. The van der Waals surface area contributed by atoms with Crippen molar-refractivity contribution in [1.29, 1.82) is 0 Å². The van der Waals surface area contributed by atoms with E-state index in [0.29, 0.717) is 10.7 Å². The second-order valence-electron chi connectivity index (χ2n) is 4.36. The second kappa shape index (κ2) is 5.75. The number of aryl methyl sites for hydroxylation is 2. The molecule has 1 atom stereocenters. The van der Waals surface area contributed by atoms with Gasteiger partial charge in [0.2, 0.25) is 0 Å². The maximum absolute atomic E-state index is 12.1. The first-order chi connectivity index (χ1) is 9.01. The fraction of sp³-hybridized carbons (Fsp3) is 0.385. The summed E-state index contributed by atoms with van der Waals surface area (Å²) in [5, 5.41) is 4.45. The van der Waals surface area contributed by atoms with E-state index in [1.54, 1.807) is 23.6 Å². The zero-order valence-corrected chi connectivity index (χ0v) is 12.7. The Kier molecular flexibility index (Phi) is 4.27. The van der Waals surface area contributed by atoms with Crippen molar-refractivity contribution in [2.45, 2.75) is 33.2 Å². The molecule has 0 aliphatic heterocycles. The summed E-state index contributed by atoms with van der Waals surface area (Å²) in [7, 11) is 0. The van der Waals surface area contributed by atoms with Gasteiger partial charge in [0.15, 0.2) is 0 Å². The SMILES string of the molecule is CCC(NC(=O)c1cc(Cl)c[nH]1)c1nc(C)c(C)s1. The van der Waals surface area contributed by atoms with Gasteiger partial charge in [0, 0.05) is 11.1 Å². The van der Waals surface area contributed by atoms with E-state index in [4.69, 9.17) is 11.6 Å². The van der Waals surface area contributed by atoms with E-state index in [1.165, 1.54) is 4.88 Å². The lowest BCUT2D eigenvalue weighted by molar-refractivity contribution is 0.0931. The summed E-state index contributed by atoms with van der Waals surface area (Å²) in [5.41, 5.74) is 1.49. The van der Waals surface area contributed by atoms with Crippen molar-refractivity contribution >= 4 is 28.8 Å². The molecule has 1 amide bonds. The van der Waals surface area contributed by atoms with E-state index >= 15 is 0 Å². The topological polar surface area (TPSA) is 57.8 Å². The highest BCUT2D eigenvalue weighted by Gasteiger charge is 2.18. The highest BCUT2D eigenvalue weighted by atomic mass is 35.5. The highest BCUT2D eigenvalue weighted by Crippen LogP contribution is 2.25. The van der Waals surface area contributed by atoms with Crippen LogP contribution in [0.3, 0.4) is 0 Å². The number of aromatic amines is 1. The minimum atomic E-state index is -0.163. The zero-order chi connectivity index (χ0) is 14.0. The van der Waals surface area contributed by atoms with E-state index in [1.807, 2.05) is 20.8 Å². The van der Waals surface area contributed by atoms with Crippen molar-refractivity contribution in [3.63, 3.8) is 0 Å². The number of amides is 1. The maximum atomic E-state index is 12.1. The molecule has 0 fully saturated rings. The first kappa shape index (κ1) is 14.1. The average Bonchev–Trinajstić information content (AvgIpc) is 2.93. The molecule has 2 N–H and O–H groups in total. The van der Waals surface area contributed by atoms with Crippen LogP contribution in [-0.4, -0.2) is 15.9 Å². The van der Waals surface area contributed by atoms with Crippen molar-refractivity contribution in [2.75, 3.05) is 0 Å². The summed E-state index contributed by atoms with van der Waals surface area (Å²) in [4.78, 5) is 20.6. The molecule has 6 heteroatoms. The third kappa shape index (κ3) is 3.16. The van der Waals surface area contributed by atoms with E-state index in [-0.39, 0.29) is 11.9 Å². The van der Waals surface area contributed by atoms with Gasteiger partial charge >= 0.3 is 0 Å². The van der Waals surface area contributed by atoms with Gasteiger partial charge in [-0.3, -0.25) is 4.79 Å². The van der Waals surface area contributed by atoms with Gasteiger partial charge in [0.1, 0.15) is 10.7 Å². The molecule has 0 aliphatic carbocycles. The smallest absolute Gasteiger partial charge is 0.268 e. The second-order valence-corrected chi connectivity index (χ2v) is 6.03. The first-order valence-corrected chi connectivity index (χ1v) is 7.29. The zero-order valence-electron chi connectivity index (χ0n) is 11.1. The van der Waals surface area contributed by atoms with Gasteiger partial charge in [0.05, 0.1) is 16.8 Å². The van der Waals surface area contributed by atoms with Gasteiger partial charge in [-0.05, 0) is 26.3 Å². The molecule has 4 nitrogen and oxygen atoms in total. The number of thiazole rings is 1. The van der Waals surface area contributed by atoms with Crippen LogP contribution in [0.15, 0.2) is 12.3 Å². The Morgan fingerprint density at radius 3 is 2.79 bits per heavy atom. The van der Waals surface area contributed by atoms with Gasteiger partial charge in [-0.25, -0.2) is 4.98 Å². The van der Waals surface area contributed by atoms with E-state index in [9.17, 15) is 4.79 Å². The number of aromatic nitrogens is 2. The Bertz CT molecular complexity index is 571. The highest BCUT2D eigenvalue weighted by molar-refractivity contribution is 7.11. The molecule has 19 heavy (non-hydrogen) atoms. The van der Waals surface area contributed by atoms with E-state index in [2.05, 4.69) is 15.3 Å². The number of nitrogens with one attached hydrogen (secondary N) is 2. The van der Waals surface area contributed by atoms with Crippen LogP contribution >= 0.6 is 22.9 Å². The van der Waals surface area contributed by atoms with Gasteiger partial charge in [-0.1, -0.05) is 18.5 Å². The Labute approximate surface area is 121 Å². The van der Waals surface area contributed by atoms with Crippen LogP contribution < -0.4 is 5.32 Å². The Hall–Kier alpha value is -1.33. The predicted molar refractivity (Wildman–Crippen MR) is 77.9 cm³/mol. The minimum Gasteiger partial charge on any atom is -0.356 e. The summed E-state index contributed by atoms with van der Waals surface area (Å²) >= 11 is 7.42. The molecular formula is C13H16ClN3OS. The molecule has 102 valence electrons. The molecule has 2 heterocycles. The van der Waals surface area contributed by atoms with Crippen molar-refractivity contribution in [1.82, 2.24) is 15.3 Å². The molecular weight excluding hydrogens is 282 g/mol. The molecule has 0 saturated carbocycles. The summed E-state index contributed by atoms with van der Waals surface area (Å²) in [6.45, 7) is 6.04. The number of hydrogen-bond donors (Lipinski definition) is 2. The lowest BCUT2D eigenvalue weighted by Gasteiger charge is -2.13. The van der Waals surface area contributed by atoms with E-state index < -0.39 is 0 Å². The van der Waals surface area contributed by atoms with Crippen LogP contribution in [0.2, 0.25) is 5.02 Å². The van der Waals surface area contributed by atoms with Gasteiger partial charge in [0.25, 0.3) is 5.91 Å². The normalized spacial score (nSPS) is 12.4. The van der Waals surface area contributed by atoms with Crippen LogP contribution in [-0.2, 0) is 0 Å². The van der Waals surface area contributed by atoms with Gasteiger partial charge in [-0.2, -0.15) is 0 Å². The van der Waals surface area contributed by atoms with Crippen LogP contribution in [0.5, 0.6) is 0 Å². The Balaban J connectivity index is 2.13. The number of rotatable bonds is 4. The van der Waals surface area contributed by atoms with Crippen molar-refractivity contribution in [2.24, 2.45) is 0 Å². The molecule has 1 unspecified atom stereocenters. The monoisotopic (exact) mass is 297 g/mol. The van der Waals surface area contributed by atoms with Gasteiger partial charge < -0.3 is 10.3 Å². The predicted octanol–water partition coefficient (Wildman–Crippen LogP) is 3.62. The number of halogens is 1. The number of H-pyrrole nitrogens is 1. The lowest BCUT2D eigenvalue weighted by atomic mass is 10.2. The third-order valence-corrected chi connectivity index (χ3v) is 4.35. The quantitative estimate of drug-likeness (QED) is 0.905. The number of hydrogen-bond acceptors (Lipinski definition) is 3. The molecule has 0 spiro atoms. The van der Waals surface area contributed by atoms with Crippen LogP contribution in [0.25, 0.3) is 0 Å². The van der Waals surface area contributed by atoms with Crippen molar-refractivity contribution in [3.8, 4) is 0 Å². The fourth-order valence-corrected chi connectivity index (χ4v) is 2.94. The molecule has 0 aliphatic rings. The lowest BCUT2D eigenvalue weighted by Crippen LogP contribution is -2.28. The fourth-order valence-electron chi connectivity index (χ4n) is 1.72. The largest absolute Gasteiger partial charge is 0.356 e.